The van der Waals surface area contributed by atoms with Gasteiger partial charge in [0.05, 0.1) is 6.10 Å². The van der Waals surface area contributed by atoms with Crippen LogP contribution in [0.25, 0.3) is 0 Å². The lowest BCUT2D eigenvalue weighted by atomic mass is 9.29. The molecule has 0 saturated heterocycles. The Morgan fingerprint density at radius 1 is 0.645 bits per heavy atom. The SMILES string of the molecule is CC1CCCC2C1(C)CC(O)C1C2(C)CCC2(C)C3CC(C)(C)CCC3(C)CCC12C. The highest BCUT2D eigenvalue weighted by Gasteiger charge is 2.72. The van der Waals surface area contributed by atoms with Crippen LogP contribution in [0.4, 0.5) is 0 Å². The Balaban J connectivity index is 1.59. The Bertz CT molecular complexity index is 741. The van der Waals surface area contributed by atoms with Gasteiger partial charge in [0.1, 0.15) is 0 Å². The van der Waals surface area contributed by atoms with E-state index in [1.807, 2.05) is 0 Å². The fraction of sp³-hybridized carbons (Fsp3) is 1.00. The first kappa shape index (κ1) is 22.7. The van der Waals surface area contributed by atoms with Gasteiger partial charge in [-0.2, -0.15) is 0 Å². The lowest BCUT2D eigenvalue weighted by molar-refractivity contribution is -0.284. The second-order valence-electron chi connectivity index (χ2n) is 15.6. The molecule has 1 N–H and O–H groups in total. The summed E-state index contributed by atoms with van der Waals surface area (Å²) in [5, 5.41) is 12.0. The Labute approximate surface area is 193 Å². The quantitative estimate of drug-likeness (QED) is 0.412. The molecule has 1 nitrogen and oxygen atoms in total. The standard InChI is InChI=1S/C30H52O/c1-20-10-9-11-22-27(5)15-17-29(7)23-19-25(2,3)12-13-26(23,4)14-16-30(29,8)24(27)21(31)18-28(20,22)6/h20-24,31H,9-19H2,1-8H3. The molecule has 10 atom stereocenters. The molecule has 0 amide bonds. The van der Waals surface area contributed by atoms with Gasteiger partial charge in [0, 0.05) is 0 Å². The Morgan fingerprint density at radius 3 is 2.00 bits per heavy atom. The first-order chi connectivity index (χ1) is 14.2. The van der Waals surface area contributed by atoms with Crippen LogP contribution in [0, 0.1) is 56.2 Å². The van der Waals surface area contributed by atoms with E-state index in [2.05, 4.69) is 55.4 Å². The monoisotopic (exact) mass is 428 g/mol. The third-order valence-electron chi connectivity index (χ3n) is 13.7. The minimum Gasteiger partial charge on any atom is -0.393 e. The van der Waals surface area contributed by atoms with Crippen molar-refractivity contribution in [2.75, 3.05) is 0 Å². The molecule has 5 fully saturated rings. The molecule has 0 aromatic heterocycles. The molecular formula is C30H52O. The van der Waals surface area contributed by atoms with Crippen LogP contribution >= 0.6 is 0 Å². The van der Waals surface area contributed by atoms with Crippen molar-refractivity contribution in [1.82, 2.24) is 0 Å². The summed E-state index contributed by atoms with van der Waals surface area (Å²) in [6.45, 7) is 20.7. The summed E-state index contributed by atoms with van der Waals surface area (Å²) in [4.78, 5) is 0. The van der Waals surface area contributed by atoms with E-state index in [-0.39, 0.29) is 11.5 Å². The van der Waals surface area contributed by atoms with Crippen LogP contribution in [0.1, 0.15) is 126 Å². The fourth-order valence-corrected chi connectivity index (χ4v) is 11.5. The minimum atomic E-state index is -0.114. The smallest absolute Gasteiger partial charge is 0.0584 e. The third kappa shape index (κ3) is 2.77. The van der Waals surface area contributed by atoms with Gasteiger partial charge in [-0.15, -0.1) is 0 Å². The highest BCUT2D eigenvalue weighted by atomic mass is 16.3. The fourth-order valence-electron chi connectivity index (χ4n) is 11.5. The van der Waals surface area contributed by atoms with Crippen LogP contribution in [-0.4, -0.2) is 11.2 Å². The van der Waals surface area contributed by atoms with Crippen LogP contribution < -0.4 is 0 Å². The summed E-state index contributed by atoms with van der Waals surface area (Å²) in [5.41, 5.74) is 2.30. The number of hydrogen-bond acceptors (Lipinski definition) is 1. The van der Waals surface area contributed by atoms with Crippen molar-refractivity contribution in [3.8, 4) is 0 Å². The molecular weight excluding hydrogens is 376 g/mol. The molecule has 0 heterocycles. The van der Waals surface area contributed by atoms with Gasteiger partial charge in [-0.1, -0.05) is 68.2 Å². The number of fused-ring (bicyclic) bond motifs is 7. The van der Waals surface area contributed by atoms with Crippen LogP contribution in [0.5, 0.6) is 0 Å². The molecule has 0 spiro atoms. The summed E-state index contributed by atoms with van der Waals surface area (Å²) >= 11 is 0. The van der Waals surface area contributed by atoms with Gasteiger partial charge in [-0.05, 0) is 114 Å². The highest BCUT2D eigenvalue weighted by Crippen LogP contribution is 2.78. The summed E-state index contributed by atoms with van der Waals surface area (Å²) < 4.78 is 0. The summed E-state index contributed by atoms with van der Waals surface area (Å²) in [5.74, 6) is 2.86. The molecule has 31 heavy (non-hydrogen) atoms. The maximum atomic E-state index is 12.0. The molecule has 10 unspecified atom stereocenters. The Hall–Kier alpha value is -0.0400. The summed E-state index contributed by atoms with van der Waals surface area (Å²) in [6.07, 6.45) is 14.8. The topological polar surface area (TPSA) is 20.2 Å². The zero-order chi connectivity index (χ0) is 22.7. The second kappa shape index (κ2) is 6.55. The van der Waals surface area contributed by atoms with Crippen LogP contribution in [-0.2, 0) is 0 Å². The molecule has 178 valence electrons. The van der Waals surface area contributed by atoms with Crippen LogP contribution in [0.3, 0.4) is 0 Å². The lowest BCUT2D eigenvalue weighted by Crippen LogP contribution is -2.70. The number of aliphatic hydroxyl groups is 1. The van der Waals surface area contributed by atoms with E-state index in [1.165, 1.54) is 64.2 Å². The van der Waals surface area contributed by atoms with Crippen molar-refractivity contribution in [2.24, 2.45) is 56.2 Å². The Kier molecular flexibility index (Phi) is 4.80. The lowest BCUT2D eigenvalue weighted by Gasteiger charge is -2.75. The van der Waals surface area contributed by atoms with E-state index in [9.17, 15) is 5.11 Å². The summed E-state index contributed by atoms with van der Waals surface area (Å²) in [7, 11) is 0. The van der Waals surface area contributed by atoms with Gasteiger partial charge in [0.25, 0.3) is 0 Å². The van der Waals surface area contributed by atoms with Crippen molar-refractivity contribution in [3.63, 3.8) is 0 Å². The Morgan fingerprint density at radius 2 is 1.29 bits per heavy atom. The molecule has 0 aromatic carbocycles. The predicted octanol–water partition coefficient (Wildman–Crippen LogP) is 8.25. The van der Waals surface area contributed by atoms with Crippen LogP contribution in [0.2, 0.25) is 0 Å². The molecule has 0 bridgehead atoms. The first-order valence-electron chi connectivity index (χ1n) is 13.9. The van der Waals surface area contributed by atoms with Crippen molar-refractivity contribution >= 4 is 0 Å². The normalized spacial score (nSPS) is 60.9. The largest absolute Gasteiger partial charge is 0.393 e. The first-order valence-corrected chi connectivity index (χ1v) is 13.9. The second-order valence-corrected chi connectivity index (χ2v) is 15.6. The molecule has 0 aliphatic heterocycles. The van der Waals surface area contributed by atoms with Gasteiger partial charge < -0.3 is 5.11 Å². The molecule has 0 radical (unpaired) electrons. The van der Waals surface area contributed by atoms with E-state index >= 15 is 0 Å². The molecule has 5 saturated carbocycles. The number of aliphatic hydroxyl groups excluding tert-OH is 1. The van der Waals surface area contributed by atoms with Gasteiger partial charge in [-0.25, -0.2) is 0 Å². The summed E-state index contributed by atoms with van der Waals surface area (Å²) in [6, 6.07) is 0. The maximum absolute atomic E-state index is 12.0. The van der Waals surface area contributed by atoms with E-state index in [1.54, 1.807) is 0 Å². The van der Waals surface area contributed by atoms with Crippen molar-refractivity contribution in [3.05, 3.63) is 0 Å². The van der Waals surface area contributed by atoms with E-state index in [0.29, 0.717) is 33.0 Å². The van der Waals surface area contributed by atoms with Gasteiger partial charge >= 0.3 is 0 Å². The van der Waals surface area contributed by atoms with Gasteiger partial charge in [0.15, 0.2) is 0 Å². The molecule has 0 aromatic rings. The van der Waals surface area contributed by atoms with Crippen molar-refractivity contribution in [2.45, 2.75) is 132 Å². The van der Waals surface area contributed by atoms with Gasteiger partial charge in [0.2, 0.25) is 0 Å². The van der Waals surface area contributed by atoms with Crippen LogP contribution in [0.15, 0.2) is 0 Å². The van der Waals surface area contributed by atoms with E-state index < -0.39 is 0 Å². The zero-order valence-electron chi connectivity index (χ0n) is 22.1. The number of hydrogen-bond donors (Lipinski definition) is 1. The minimum absolute atomic E-state index is 0.114. The van der Waals surface area contributed by atoms with Crippen molar-refractivity contribution < 1.29 is 5.11 Å². The molecule has 5 aliphatic carbocycles. The molecule has 5 rings (SSSR count). The molecule has 1 heteroatoms. The zero-order valence-corrected chi connectivity index (χ0v) is 22.1. The number of rotatable bonds is 0. The third-order valence-corrected chi connectivity index (χ3v) is 13.7. The molecule has 5 aliphatic rings. The predicted molar refractivity (Wildman–Crippen MR) is 131 cm³/mol. The maximum Gasteiger partial charge on any atom is 0.0584 e. The van der Waals surface area contributed by atoms with Gasteiger partial charge in [-0.3, -0.25) is 0 Å². The highest BCUT2D eigenvalue weighted by molar-refractivity contribution is 5.20. The van der Waals surface area contributed by atoms with E-state index in [4.69, 9.17) is 0 Å². The van der Waals surface area contributed by atoms with Crippen molar-refractivity contribution in [1.29, 1.82) is 0 Å². The van der Waals surface area contributed by atoms with E-state index in [0.717, 1.165) is 24.2 Å². The average Bonchev–Trinajstić information content (AvgIpc) is 2.67. The average molecular weight is 429 g/mol.